The molecule has 1 atom stereocenters. The molecule has 0 spiro atoms. The maximum atomic E-state index is 12.5. The fourth-order valence-electron chi connectivity index (χ4n) is 3.20. The van der Waals surface area contributed by atoms with Crippen LogP contribution in [0.15, 0.2) is 41.8 Å². The molecule has 1 aliphatic heterocycles. The van der Waals surface area contributed by atoms with Gasteiger partial charge < -0.3 is 14.4 Å². The minimum absolute atomic E-state index is 0.0225. The largest absolute Gasteiger partial charge is 0.461 e. The first-order valence-corrected chi connectivity index (χ1v) is 9.48. The Morgan fingerprint density at radius 3 is 3.00 bits per heavy atom. The average molecular weight is 369 g/mol. The number of hydrogen-bond acceptors (Lipinski definition) is 7. The average Bonchev–Trinajstić information content (AvgIpc) is 3.22. The molecule has 0 radical (unpaired) electrons. The van der Waals surface area contributed by atoms with E-state index in [4.69, 9.17) is 9.47 Å². The topological polar surface area (TPSA) is 64.5 Å². The Morgan fingerprint density at radius 1 is 1.31 bits per heavy atom. The summed E-state index contributed by atoms with van der Waals surface area (Å²) in [7, 11) is 0. The number of nitrogens with zero attached hydrogens (tertiary/aromatic N) is 3. The molecule has 0 bridgehead atoms. The molecule has 0 saturated carbocycles. The number of carbonyl (C=O) groups excluding carboxylic acids is 1. The van der Waals surface area contributed by atoms with Crippen molar-refractivity contribution >= 4 is 33.9 Å². The number of ether oxygens (including phenoxy) is 2. The molecule has 0 N–H and O–H groups in total. The van der Waals surface area contributed by atoms with Crippen molar-refractivity contribution in [3.05, 3.63) is 52.3 Å². The van der Waals surface area contributed by atoms with Crippen LogP contribution in [0, 0.1) is 0 Å². The van der Waals surface area contributed by atoms with Crippen LogP contribution in [-0.4, -0.2) is 42.5 Å². The summed E-state index contributed by atoms with van der Waals surface area (Å²) in [5, 5.41) is 11.3. The zero-order chi connectivity index (χ0) is 17.9. The Kier molecular flexibility index (Phi) is 4.81. The molecule has 3 heterocycles. The number of benzene rings is 1. The molecule has 1 saturated heterocycles. The first kappa shape index (κ1) is 16.9. The molecule has 0 aliphatic carbocycles. The second-order valence-electron chi connectivity index (χ2n) is 5.96. The van der Waals surface area contributed by atoms with Gasteiger partial charge in [-0.25, -0.2) is 4.79 Å². The van der Waals surface area contributed by atoms with Crippen molar-refractivity contribution in [3.8, 4) is 0 Å². The Balaban J connectivity index is 1.78. The summed E-state index contributed by atoms with van der Waals surface area (Å²) in [6.45, 7) is 4.01. The number of aromatic nitrogens is 2. The van der Waals surface area contributed by atoms with Gasteiger partial charge in [-0.05, 0) is 24.4 Å². The predicted molar refractivity (Wildman–Crippen MR) is 101 cm³/mol. The lowest BCUT2D eigenvalue weighted by Crippen LogP contribution is -2.39. The van der Waals surface area contributed by atoms with Gasteiger partial charge in [0, 0.05) is 23.4 Å². The Labute approximate surface area is 155 Å². The van der Waals surface area contributed by atoms with Crippen molar-refractivity contribution in [2.45, 2.75) is 13.0 Å². The number of anilines is 1. The predicted octanol–water partition coefficient (Wildman–Crippen LogP) is 3.45. The third-order valence-corrected chi connectivity index (χ3v) is 5.32. The van der Waals surface area contributed by atoms with Crippen LogP contribution in [0.5, 0.6) is 0 Å². The molecule has 1 aliphatic rings. The van der Waals surface area contributed by atoms with Gasteiger partial charge in [-0.2, -0.15) is 0 Å². The van der Waals surface area contributed by atoms with Gasteiger partial charge in [0.15, 0.2) is 5.69 Å². The highest BCUT2D eigenvalue weighted by Gasteiger charge is 2.29. The van der Waals surface area contributed by atoms with E-state index in [0.29, 0.717) is 26.3 Å². The van der Waals surface area contributed by atoms with Crippen molar-refractivity contribution in [2.24, 2.45) is 0 Å². The van der Waals surface area contributed by atoms with Crippen LogP contribution in [0.25, 0.3) is 10.9 Å². The van der Waals surface area contributed by atoms with Crippen LogP contribution in [0.4, 0.5) is 5.69 Å². The maximum Gasteiger partial charge on any atom is 0.361 e. The van der Waals surface area contributed by atoms with Crippen molar-refractivity contribution < 1.29 is 14.3 Å². The number of carbonyl (C=O) groups is 1. The van der Waals surface area contributed by atoms with Crippen molar-refractivity contribution in [1.29, 1.82) is 0 Å². The Morgan fingerprint density at radius 2 is 2.19 bits per heavy atom. The molecule has 6 nitrogen and oxygen atoms in total. The third kappa shape index (κ3) is 3.15. The van der Waals surface area contributed by atoms with E-state index < -0.39 is 5.97 Å². The molecular weight excluding hydrogens is 350 g/mol. The van der Waals surface area contributed by atoms with Gasteiger partial charge in [0.2, 0.25) is 0 Å². The number of thiophene rings is 1. The summed E-state index contributed by atoms with van der Waals surface area (Å²) in [6, 6.07) is 11.8. The molecule has 134 valence electrons. The molecule has 1 aromatic carbocycles. The summed E-state index contributed by atoms with van der Waals surface area (Å²) < 4.78 is 11.2. The number of hydrogen-bond donors (Lipinski definition) is 0. The van der Waals surface area contributed by atoms with Gasteiger partial charge in [0.25, 0.3) is 0 Å². The van der Waals surface area contributed by atoms with E-state index >= 15 is 0 Å². The van der Waals surface area contributed by atoms with Crippen molar-refractivity contribution in [3.63, 3.8) is 0 Å². The second kappa shape index (κ2) is 7.39. The highest BCUT2D eigenvalue weighted by molar-refractivity contribution is 7.10. The van der Waals surface area contributed by atoms with Gasteiger partial charge >= 0.3 is 5.97 Å². The van der Waals surface area contributed by atoms with Gasteiger partial charge in [-0.15, -0.1) is 21.5 Å². The lowest BCUT2D eigenvalue weighted by Gasteiger charge is -2.35. The summed E-state index contributed by atoms with van der Waals surface area (Å²) in [5.74, 6) is -0.445. The Hall–Kier alpha value is -2.51. The van der Waals surface area contributed by atoms with E-state index in [9.17, 15) is 4.79 Å². The highest BCUT2D eigenvalue weighted by atomic mass is 32.1. The first-order chi connectivity index (χ1) is 12.8. The smallest absolute Gasteiger partial charge is 0.361 e. The fourth-order valence-corrected chi connectivity index (χ4v) is 3.96. The first-order valence-electron chi connectivity index (χ1n) is 8.60. The normalized spacial score (nSPS) is 17.4. The molecule has 3 aromatic rings. The van der Waals surface area contributed by atoms with E-state index in [0.717, 1.165) is 16.6 Å². The summed E-state index contributed by atoms with van der Waals surface area (Å²) >= 11 is 1.68. The van der Waals surface area contributed by atoms with E-state index in [2.05, 4.69) is 21.2 Å². The van der Waals surface area contributed by atoms with Crippen LogP contribution in [-0.2, 0) is 9.47 Å². The molecule has 7 heteroatoms. The number of esters is 1. The monoisotopic (exact) mass is 369 g/mol. The van der Waals surface area contributed by atoms with Gasteiger partial charge in [-0.3, -0.25) is 0 Å². The molecule has 4 rings (SSSR count). The number of rotatable bonds is 4. The van der Waals surface area contributed by atoms with Crippen LogP contribution < -0.4 is 4.90 Å². The minimum Gasteiger partial charge on any atom is -0.461 e. The Bertz CT molecular complexity index is 914. The fraction of sp³-hybridized carbons (Fsp3) is 0.316. The van der Waals surface area contributed by atoms with Crippen LogP contribution >= 0.6 is 11.3 Å². The standard InChI is InChI=1S/C19H19N3O3S/c1-2-24-19(23)17-18(13-6-3-4-7-14(13)20-21-17)22-9-10-25-15(12-22)16-8-5-11-26-16/h3-8,11,15H,2,9-10,12H2,1H3. The SMILES string of the molecule is CCOC(=O)c1nnc2ccccc2c1N1CCOC(c2cccs2)C1. The second-order valence-corrected chi connectivity index (χ2v) is 6.93. The van der Waals surface area contributed by atoms with Crippen molar-refractivity contribution in [1.82, 2.24) is 10.2 Å². The van der Waals surface area contributed by atoms with Crippen molar-refractivity contribution in [2.75, 3.05) is 31.2 Å². The molecule has 26 heavy (non-hydrogen) atoms. The molecule has 0 amide bonds. The van der Waals surface area contributed by atoms with Gasteiger partial charge in [-0.1, -0.05) is 24.3 Å². The van der Waals surface area contributed by atoms with E-state index in [-0.39, 0.29) is 11.8 Å². The summed E-state index contributed by atoms with van der Waals surface area (Å²) in [4.78, 5) is 15.8. The van der Waals surface area contributed by atoms with Crippen LogP contribution in [0.3, 0.4) is 0 Å². The van der Waals surface area contributed by atoms with Gasteiger partial charge in [0.05, 0.1) is 24.4 Å². The molecule has 2 aromatic heterocycles. The van der Waals surface area contributed by atoms with E-state index in [1.54, 1.807) is 18.3 Å². The van der Waals surface area contributed by atoms with E-state index in [1.807, 2.05) is 35.7 Å². The van der Waals surface area contributed by atoms with Crippen LogP contribution in [0.2, 0.25) is 0 Å². The zero-order valence-electron chi connectivity index (χ0n) is 14.4. The number of fused-ring (bicyclic) bond motifs is 1. The lowest BCUT2D eigenvalue weighted by atomic mass is 10.1. The van der Waals surface area contributed by atoms with Gasteiger partial charge in [0.1, 0.15) is 6.10 Å². The summed E-state index contributed by atoms with van der Waals surface area (Å²) in [5.41, 5.74) is 1.80. The molecule has 1 unspecified atom stereocenters. The van der Waals surface area contributed by atoms with E-state index in [1.165, 1.54) is 4.88 Å². The highest BCUT2D eigenvalue weighted by Crippen LogP contribution is 2.34. The summed E-state index contributed by atoms with van der Waals surface area (Å²) in [6.07, 6.45) is -0.0225. The molecule has 1 fully saturated rings. The van der Waals surface area contributed by atoms with Crippen LogP contribution in [0.1, 0.15) is 28.4 Å². The quantitative estimate of drug-likeness (QED) is 0.657. The third-order valence-electron chi connectivity index (χ3n) is 4.35. The minimum atomic E-state index is -0.445. The lowest BCUT2D eigenvalue weighted by molar-refractivity contribution is 0.0414. The molecular formula is C19H19N3O3S. The maximum absolute atomic E-state index is 12.5. The zero-order valence-corrected chi connectivity index (χ0v) is 15.2. The number of morpholine rings is 1.